The third-order valence-electron chi connectivity index (χ3n) is 6.00. The summed E-state index contributed by atoms with van der Waals surface area (Å²) in [6.07, 6.45) is 6.20. The van der Waals surface area contributed by atoms with E-state index >= 15 is 0 Å². The molecular weight excluding hydrogens is 374 g/mol. The number of rotatable bonds is 5. The van der Waals surface area contributed by atoms with Crippen LogP contribution in [0.5, 0.6) is 0 Å². The van der Waals surface area contributed by atoms with E-state index in [1.807, 2.05) is 40.8 Å². The molecular formula is C24H29N5O. The van der Waals surface area contributed by atoms with Gasteiger partial charge in [0.2, 0.25) is 0 Å². The maximum atomic E-state index is 13.9. The van der Waals surface area contributed by atoms with E-state index in [0.29, 0.717) is 18.5 Å². The summed E-state index contributed by atoms with van der Waals surface area (Å²) in [5.74, 6) is 0.545. The highest BCUT2D eigenvalue weighted by Gasteiger charge is 2.36. The van der Waals surface area contributed by atoms with Gasteiger partial charge in [0.15, 0.2) is 5.65 Å². The Bertz CT molecular complexity index is 1100. The van der Waals surface area contributed by atoms with Crippen molar-refractivity contribution >= 4 is 16.9 Å². The number of hydrogen-bond acceptors (Lipinski definition) is 4. The smallest absolute Gasteiger partial charge is 0.255 e. The summed E-state index contributed by atoms with van der Waals surface area (Å²) in [6, 6.07) is 8.21. The van der Waals surface area contributed by atoms with Crippen molar-refractivity contribution in [2.75, 3.05) is 0 Å². The second kappa shape index (κ2) is 6.89. The minimum atomic E-state index is -0.202. The van der Waals surface area contributed by atoms with E-state index in [1.165, 1.54) is 0 Å². The van der Waals surface area contributed by atoms with Gasteiger partial charge in [-0.05, 0) is 71.6 Å². The van der Waals surface area contributed by atoms with Crippen LogP contribution in [0.2, 0.25) is 0 Å². The summed E-state index contributed by atoms with van der Waals surface area (Å²) in [4.78, 5) is 25.3. The molecule has 0 atom stereocenters. The minimum absolute atomic E-state index is 0.0778. The van der Waals surface area contributed by atoms with Gasteiger partial charge in [0, 0.05) is 23.9 Å². The molecule has 2 fully saturated rings. The monoisotopic (exact) mass is 403 g/mol. The lowest BCUT2D eigenvalue weighted by Crippen LogP contribution is -2.33. The first-order valence-corrected chi connectivity index (χ1v) is 10.9. The van der Waals surface area contributed by atoms with Crippen LogP contribution in [0.4, 0.5) is 0 Å². The molecule has 6 heteroatoms. The lowest BCUT2D eigenvalue weighted by atomic mass is 10.1. The van der Waals surface area contributed by atoms with Gasteiger partial charge >= 0.3 is 0 Å². The first-order valence-electron chi connectivity index (χ1n) is 10.9. The fourth-order valence-electron chi connectivity index (χ4n) is 4.11. The Balaban J connectivity index is 1.63. The van der Waals surface area contributed by atoms with E-state index in [-0.39, 0.29) is 11.4 Å². The predicted octanol–water partition coefficient (Wildman–Crippen LogP) is 4.57. The molecule has 0 unspecified atom stereocenters. The number of amides is 1. The van der Waals surface area contributed by atoms with Crippen molar-refractivity contribution in [1.29, 1.82) is 0 Å². The molecule has 1 amide bonds. The highest BCUT2D eigenvalue weighted by atomic mass is 16.2. The maximum Gasteiger partial charge on any atom is 0.255 e. The van der Waals surface area contributed by atoms with E-state index in [0.717, 1.165) is 59.4 Å². The molecule has 0 saturated heterocycles. The Hall–Kier alpha value is -2.76. The molecule has 3 heterocycles. The van der Waals surface area contributed by atoms with Crippen LogP contribution in [-0.4, -0.2) is 36.6 Å². The number of hydrogen-bond donors (Lipinski definition) is 0. The SMILES string of the molecule is Cc1nn(C(C)(C)C)c2nc(C3CC3)cc(C(=O)N(Cc3ccccn3)C3CC3)c12. The average Bonchev–Trinajstić information content (AvgIpc) is 3.62. The van der Waals surface area contributed by atoms with Gasteiger partial charge in [0.25, 0.3) is 5.91 Å². The normalized spacial score (nSPS) is 16.8. The average molecular weight is 404 g/mol. The number of fused-ring (bicyclic) bond motifs is 1. The molecule has 0 radical (unpaired) electrons. The third-order valence-corrected chi connectivity index (χ3v) is 6.00. The largest absolute Gasteiger partial charge is 0.330 e. The molecule has 3 aromatic heterocycles. The van der Waals surface area contributed by atoms with Crippen molar-refractivity contribution in [3.05, 3.63) is 53.1 Å². The molecule has 6 nitrogen and oxygen atoms in total. The van der Waals surface area contributed by atoms with Crippen LogP contribution in [0, 0.1) is 6.92 Å². The number of aromatic nitrogens is 4. The molecule has 2 aliphatic rings. The van der Waals surface area contributed by atoms with Crippen molar-refractivity contribution in [2.45, 2.75) is 77.4 Å². The zero-order valence-electron chi connectivity index (χ0n) is 18.2. The Morgan fingerprint density at radius 1 is 1.20 bits per heavy atom. The Morgan fingerprint density at radius 2 is 1.97 bits per heavy atom. The van der Waals surface area contributed by atoms with E-state index in [2.05, 4.69) is 25.8 Å². The molecule has 5 rings (SSSR count). The summed E-state index contributed by atoms with van der Waals surface area (Å²) in [6.45, 7) is 8.91. The Kier molecular flexibility index (Phi) is 4.42. The van der Waals surface area contributed by atoms with E-state index < -0.39 is 0 Å². The molecule has 0 bridgehead atoms. The van der Waals surface area contributed by atoms with Gasteiger partial charge < -0.3 is 4.90 Å². The van der Waals surface area contributed by atoms with Gasteiger partial charge in [-0.2, -0.15) is 5.10 Å². The summed E-state index contributed by atoms with van der Waals surface area (Å²) in [5, 5.41) is 5.69. The second-order valence-electron chi connectivity index (χ2n) is 9.72. The predicted molar refractivity (Wildman–Crippen MR) is 116 cm³/mol. The fourth-order valence-corrected chi connectivity index (χ4v) is 4.11. The summed E-state index contributed by atoms with van der Waals surface area (Å²) >= 11 is 0. The van der Waals surface area contributed by atoms with Crippen LogP contribution in [0.25, 0.3) is 11.0 Å². The standard InChI is InChI=1S/C24H29N5O/c1-15-21-19(23(30)28(18-10-11-18)14-17-7-5-6-12-25-17)13-20(16-8-9-16)26-22(21)29(27-15)24(2,3)4/h5-7,12-13,16,18H,8-11,14H2,1-4H3. The summed E-state index contributed by atoms with van der Waals surface area (Å²) < 4.78 is 1.99. The molecule has 0 aliphatic heterocycles. The number of nitrogens with zero attached hydrogens (tertiary/aromatic N) is 5. The van der Waals surface area contributed by atoms with Crippen molar-refractivity contribution in [3.8, 4) is 0 Å². The van der Waals surface area contributed by atoms with E-state index in [9.17, 15) is 4.79 Å². The number of carbonyl (C=O) groups excluding carboxylic acids is 1. The van der Waals surface area contributed by atoms with Gasteiger partial charge in [0.05, 0.1) is 34.4 Å². The molecule has 0 N–H and O–H groups in total. The van der Waals surface area contributed by atoms with Gasteiger partial charge in [-0.3, -0.25) is 9.78 Å². The van der Waals surface area contributed by atoms with Crippen molar-refractivity contribution in [3.63, 3.8) is 0 Å². The lowest BCUT2D eigenvalue weighted by Gasteiger charge is -2.23. The Morgan fingerprint density at radius 3 is 2.57 bits per heavy atom. The highest BCUT2D eigenvalue weighted by Crippen LogP contribution is 2.41. The van der Waals surface area contributed by atoms with E-state index in [1.54, 1.807) is 6.20 Å². The van der Waals surface area contributed by atoms with Gasteiger partial charge in [-0.15, -0.1) is 0 Å². The quantitative estimate of drug-likeness (QED) is 0.626. The molecule has 30 heavy (non-hydrogen) atoms. The summed E-state index contributed by atoms with van der Waals surface area (Å²) in [5.41, 5.74) is 4.20. The maximum absolute atomic E-state index is 13.9. The first-order chi connectivity index (χ1) is 14.3. The topological polar surface area (TPSA) is 63.9 Å². The van der Waals surface area contributed by atoms with Crippen molar-refractivity contribution in [1.82, 2.24) is 24.6 Å². The fraction of sp³-hybridized carbons (Fsp3) is 0.500. The molecule has 156 valence electrons. The lowest BCUT2D eigenvalue weighted by molar-refractivity contribution is 0.0729. The number of aryl methyl sites for hydroxylation is 1. The van der Waals surface area contributed by atoms with Gasteiger partial charge in [-0.1, -0.05) is 6.07 Å². The second-order valence-corrected chi connectivity index (χ2v) is 9.72. The van der Waals surface area contributed by atoms with Crippen LogP contribution >= 0.6 is 0 Å². The number of carbonyl (C=O) groups is 1. The Labute approximate surface area is 177 Å². The van der Waals surface area contributed by atoms with Crippen LogP contribution in [0.15, 0.2) is 30.5 Å². The van der Waals surface area contributed by atoms with Crippen molar-refractivity contribution in [2.24, 2.45) is 0 Å². The molecule has 2 saturated carbocycles. The van der Waals surface area contributed by atoms with Crippen LogP contribution < -0.4 is 0 Å². The third kappa shape index (κ3) is 3.48. The highest BCUT2D eigenvalue weighted by molar-refractivity contribution is 6.06. The zero-order valence-corrected chi connectivity index (χ0v) is 18.2. The molecule has 2 aliphatic carbocycles. The van der Waals surface area contributed by atoms with Gasteiger partial charge in [-0.25, -0.2) is 9.67 Å². The summed E-state index contributed by atoms with van der Waals surface area (Å²) in [7, 11) is 0. The van der Waals surface area contributed by atoms with Gasteiger partial charge in [0.1, 0.15) is 0 Å². The van der Waals surface area contributed by atoms with E-state index in [4.69, 9.17) is 10.1 Å². The van der Waals surface area contributed by atoms with Crippen LogP contribution in [-0.2, 0) is 12.1 Å². The molecule has 3 aromatic rings. The molecule has 0 spiro atoms. The number of pyridine rings is 2. The van der Waals surface area contributed by atoms with Crippen LogP contribution in [0.1, 0.15) is 79.8 Å². The zero-order chi connectivity index (χ0) is 21.0. The molecule has 0 aromatic carbocycles. The minimum Gasteiger partial charge on any atom is -0.330 e. The first kappa shape index (κ1) is 19.2. The van der Waals surface area contributed by atoms with Crippen LogP contribution in [0.3, 0.4) is 0 Å². The van der Waals surface area contributed by atoms with Crippen molar-refractivity contribution < 1.29 is 4.79 Å².